The van der Waals surface area contributed by atoms with Crippen LogP contribution in [0.3, 0.4) is 0 Å². The highest BCUT2D eigenvalue weighted by Gasteiger charge is 2.54. The topological polar surface area (TPSA) is 156 Å². The van der Waals surface area contributed by atoms with Crippen molar-refractivity contribution < 1.29 is 57.1 Å². The predicted molar refractivity (Wildman–Crippen MR) is 230 cm³/mol. The van der Waals surface area contributed by atoms with Crippen molar-refractivity contribution in [2.24, 2.45) is 10.8 Å². The van der Waals surface area contributed by atoms with Crippen LogP contribution in [-0.4, -0.2) is 112 Å². The van der Waals surface area contributed by atoms with Crippen molar-refractivity contribution in [3.8, 4) is 23.0 Å². The Labute approximate surface area is 364 Å². The van der Waals surface area contributed by atoms with E-state index in [0.29, 0.717) is 77.9 Å². The van der Waals surface area contributed by atoms with Gasteiger partial charge >= 0.3 is 17.9 Å². The number of likely N-dealkylation sites (tertiary alicyclic amines) is 2. The molecule has 0 bridgehead atoms. The summed E-state index contributed by atoms with van der Waals surface area (Å²) in [7, 11) is 3.02. The SMILES string of the molecule is C=CCOC(=O)Cc1cc(OCCCCCOc2cc(CC(=O)OCC=C)c(C(=O)N3CC4(CC4)C[C@H]3COC(C)=O)cc2OC)c(OC)cc1C(=O)N1CC2(CC2)C[C@H]1CC. The highest BCUT2D eigenvalue weighted by Crippen LogP contribution is 2.56. The van der Waals surface area contributed by atoms with Crippen molar-refractivity contribution in [2.45, 2.75) is 103 Å². The minimum absolute atomic E-state index is 0.0345. The molecule has 0 aromatic heterocycles. The highest BCUT2D eigenvalue weighted by molar-refractivity contribution is 5.99. The molecule has 4 aliphatic rings. The summed E-state index contributed by atoms with van der Waals surface area (Å²) in [6.07, 6.45) is 11.7. The van der Waals surface area contributed by atoms with Gasteiger partial charge in [0.25, 0.3) is 11.8 Å². The normalized spacial score (nSPS) is 18.8. The van der Waals surface area contributed by atoms with Crippen LogP contribution < -0.4 is 18.9 Å². The molecule has 2 saturated carbocycles. The number of unbranched alkanes of at least 4 members (excludes halogenated alkanes) is 2. The first-order valence-electron chi connectivity index (χ1n) is 21.8. The van der Waals surface area contributed by atoms with E-state index in [4.69, 9.17) is 33.2 Å². The molecule has 0 radical (unpaired) electrons. The number of carbonyl (C=O) groups is 5. The quantitative estimate of drug-likeness (QED) is 0.0497. The molecule has 0 N–H and O–H groups in total. The third kappa shape index (κ3) is 11.3. The first kappa shape index (κ1) is 46.0. The van der Waals surface area contributed by atoms with Gasteiger partial charge in [-0.1, -0.05) is 32.2 Å². The molecule has 2 aromatic carbocycles. The van der Waals surface area contributed by atoms with Gasteiger partial charge in [0.1, 0.15) is 19.8 Å². The second-order valence-corrected chi connectivity index (χ2v) is 17.2. The highest BCUT2D eigenvalue weighted by atomic mass is 16.5. The molecule has 0 unspecified atom stereocenters. The first-order chi connectivity index (χ1) is 29.9. The van der Waals surface area contributed by atoms with Gasteiger partial charge in [-0.05, 0) is 110 Å². The van der Waals surface area contributed by atoms with Gasteiger partial charge in [-0.3, -0.25) is 24.0 Å². The van der Waals surface area contributed by atoms with Crippen LogP contribution >= 0.6 is 0 Å². The number of carbonyl (C=O) groups excluding carboxylic acids is 5. The van der Waals surface area contributed by atoms with Crippen molar-refractivity contribution in [2.75, 3.05) is 60.3 Å². The molecule has 2 amide bonds. The summed E-state index contributed by atoms with van der Waals surface area (Å²) in [5.41, 5.74) is 1.92. The van der Waals surface area contributed by atoms with E-state index >= 15 is 0 Å². The molecule has 62 heavy (non-hydrogen) atoms. The van der Waals surface area contributed by atoms with Crippen molar-refractivity contribution >= 4 is 29.7 Å². The van der Waals surface area contributed by atoms with E-state index in [1.54, 1.807) is 29.2 Å². The summed E-state index contributed by atoms with van der Waals surface area (Å²) in [6, 6.07) is 6.55. The molecule has 14 nitrogen and oxygen atoms in total. The lowest BCUT2D eigenvalue weighted by atomic mass is 10.0. The maximum atomic E-state index is 14.2. The molecule has 2 aliphatic carbocycles. The van der Waals surface area contributed by atoms with E-state index in [0.717, 1.165) is 57.9 Å². The number of methoxy groups -OCH3 is 2. The summed E-state index contributed by atoms with van der Waals surface area (Å²) in [6.45, 7) is 12.8. The maximum Gasteiger partial charge on any atom is 0.310 e. The Hall–Kier alpha value is -5.53. The minimum atomic E-state index is -0.521. The number of esters is 3. The van der Waals surface area contributed by atoms with Gasteiger partial charge in [-0.25, -0.2) is 0 Å². The third-order valence-electron chi connectivity index (χ3n) is 12.6. The Morgan fingerprint density at radius 2 is 1.11 bits per heavy atom. The summed E-state index contributed by atoms with van der Waals surface area (Å²) < 4.78 is 39.7. The Morgan fingerprint density at radius 1 is 0.661 bits per heavy atom. The summed E-state index contributed by atoms with van der Waals surface area (Å²) in [4.78, 5) is 69.4. The van der Waals surface area contributed by atoms with E-state index in [9.17, 15) is 24.0 Å². The Morgan fingerprint density at radius 3 is 1.52 bits per heavy atom. The molecule has 2 saturated heterocycles. The first-order valence-corrected chi connectivity index (χ1v) is 21.8. The van der Waals surface area contributed by atoms with Gasteiger partial charge in [-0.15, -0.1) is 0 Å². The van der Waals surface area contributed by atoms with E-state index in [2.05, 4.69) is 20.1 Å². The average Bonchev–Trinajstić information content (AvgIpc) is 4.13. The van der Waals surface area contributed by atoms with Crippen LogP contribution in [0.4, 0.5) is 0 Å². The van der Waals surface area contributed by atoms with Crippen LogP contribution in [-0.2, 0) is 41.4 Å². The zero-order valence-corrected chi connectivity index (χ0v) is 36.8. The number of hydrogen-bond donors (Lipinski definition) is 0. The molecular formula is C48H62N2O12. The second-order valence-electron chi connectivity index (χ2n) is 17.2. The number of rotatable bonds is 23. The average molecular weight is 859 g/mol. The third-order valence-corrected chi connectivity index (χ3v) is 12.6. The molecule has 336 valence electrons. The fraction of sp³-hybridized carbons (Fsp3) is 0.562. The van der Waals surface area contributed by atoms with Crippen LogP contribution in [0.2, 0.25) is 0 Å². The minimum Gasteiger partial charge on any atom is -0.493 e. The van der Waals surface area contributed by atoms with Gasteiger partial charge in [0.15, 0.2) is 23.0 Å². The van der Waals surface area contributed by atoms with Crippen molar-refractivity contribution in [1.82, 2.24) is 9.80 Å². The molecular weight excluding hydrogens is 797 g/mol. The van der Waals surface area contributed by atoms with Crippen LogP contribution in [0, 0.1) is 10.8 Å². The molecule has 2 atom stereocenters. The monoisotopic (exact) mass is 858 g/mol. The molecule has 2 aliphatic heterocycles. The number of benzene rings is 2. The van der Waals surface area contributed by atoms with Gasteiger partial charge < -0.3 is 43.0 Å². The smallest absolute Gasteiger partial charge is 0.310 e. The standard InChI is InChI=1S/C48H62N2O12/c1-7-17-60-43(52)23-33-21-41(39(56-5)25-37(33)45(54)49-30-47(13-14-47)27-35(49)9-3)58-19-11-10-12-20-59-42-22-34(24-44(53)61-18-8-2)38(26-40(42)57-6)46(55)50-31-48(15-16-48)28-36(50)29-62-32(4)51/h7-8,21-22,25-26,35-36H,1-2,9-20,23-24,27-31H2,3-6H3/t35-,36+/m1/s1. The van der Waals surface area contributed by atoms with Gasteiger partial charge in [-0.2, -0.15) is 0 Å². The van der Waals surface area contributed by atoms with E-state index in [-0.39, 0.29) is 67.4 Å². The van der Waals surface area contributed by atoms with Crippen LogP contribution in [0.25, 0.3) is 0 Å². The second kappa shape index (κ2) is 20.6. The molecule has 2 heterocycles. The number of amides is 2. The fourth-order valence-corrected chi connectivity index (χ4v) is 8.82. The van der Waals surface area contributed by atoms with Gasteiger partial charge in [0, 0.05) is 37.2 Å². The summed E-state index contributed by atoms with van der Waals surface area (Å²) in [5.74, 6) is -0.224. The van der Waals surface area contributed by atoms with Crippen molar-refractivity contribution in [3.05, 3.63) is 71.8 Å². The molecule has 4 fully saturated rings. The molecule has 2 spiro atoms. The number of ether oxygens (including phenoxy) is 7. The van der Waals surface area contributed by atoms with Gasteiger partial charge in [0.05, 0.1) is 46.3 Å². The lowest BCUT2D eigenvalue weighted by molar-refractivity contribution is -0.143. The lowest BCUT2D eigenvalue weighted by Gasteiger charge is -2.26. The largest absolute Gasteiger partial charge is 0.493 e. The van der Waals surface area contributed by atoms with Crippen LogP contribution in [0.15, 0.2) is 49.6 Å². The van der Waals surface area contributed by atoms with E-state index in [1.807, 2.05) is 4.90 Å². The lowest BCUT2D eigenvalue weighted by Crippen LogP contribution is -2.39. The van der Waals surface area contributed by atoms with Gasteiger partial charge in [0.2, 0.25) is 0 Å². The summed E-state index contributed by atoms with van der Waals surface area (Å²) >= 11 is 0. The van der Waals surface area contributed by atoms with E-state index in [1.165, 1.54) is 33.3 Å². The van der Waals surface area contributed by atoms with E-state index < -0.39 is 17.9 Å². The van der Waals surface area contributed by atoms with Crippen LogP contribution in [0.1, 0.15) is 110 Å². The zero-order chi connectivity index (χ0) is 44.4. The predicted octanol–water partition coefficient (Wildman–Crippen LogP) is 6.84. The Kier molecular flexibility index (Phi) is 15.2. The molecule has 2 aromatic rings. The fourth-order valence-electron chi connectivity index (χ4n) is 8.82. The van der Waals surface area contributed by atoms with Crippen molar-refractivity contribution in [3.63, 3.8) is 0 Å². The zero-order valence-electron chi connectivity index (χ0n) is 36.8. The van der Waals surface area contributed by atoms with Crippen LogP contribution in [0.5, 0.6) is 23.0 Å². The van der Waals surface area contributed by atoms with Crippen molar-refractivity contribution in [1.29, 1.82) is 0 Å². The summed E-state index contributed by atoms with van der Waals surface area (Å²) in [5, 5.41) is 0. The number of nitrogens with zero attached hydrogens (tertiary/aromatic N) is 2. The molecule has 6 rings (SSSR count). The Bertz CT molecular complexity index is 2000. The Balaban J connectivity index is 1.09. The number of hydrogen-bond acceptors (Lipinski definition) is 12. The maximum absolute atomic E-state index is 14.2. The molecule has 14 heteroatoms.